The third kappa shape index (κ3) is 6.28. The lowest BCUT2D eigenvalue weighted by molar-refractivity contribution is 1.22. The molecule has 0 aliphatic carbocycles. The molecule has 9 aromatic rings. The fourth-order valence-corrected chi connectivity index (χ4v) is 6.84. The monoisotopic (exact) mass is 663 g/mol. The molecule has 0 N–H and O–H groups in total. The van der Waals surface area contributed by atoms with E-state index in [1.807, 2.05) is 36.5 Å². The van der Waals surface area contributed by atoms with Crippen molar-refractivity contribution in [2.75, 3.05) is 0 Å². The van der Waals surface area contributed by atoms with Crippen LogP contribution >= 0.6 is 0 Å². The Labute approximate surface area is 303 Å². The Morgan fingerprint density at radius 2 is 0.731 bits per heavy atom. The van der Waals surface area contributed by atoms with E-state index in [0.29, 0.717) is 5.82 Å². The van der Waals surface area contributed by atoms with Gasteiger partial charge in [-0.05, 0) is 87.0 Å². The summed E-state index contributed by atoms with van der Waals surface area (Å²) >= 11 is 0. The molecule has 0 radical (unpaired) electrons. The second kappa shape index (κ2) is 13.7. The van der Waals surface area contributed by atoms with Gasteiger partial charge < -0.3 is 0 Å². The van der Waals surface area contributed by atoms with Crippen molar-refractivity contribution >= 4 is 10.9 Å². The van der Waals surface area contributed by atoms with Crippen LogP contribution < -0.4 is 0 Å². The second-order valence-electron chi connectivity index (χ2n) is 12.9. The van der Waals surface area contributed by atoms with Crippen molar-refractivity contribution in [1.29, 1.82) is 0 Å². The maximum absolute atomic E-state index is 5.16. The summed E-state index contributed by atoms with van der Waals surface area (Å²) in [5.41, 5.74) is 15.1. The van der Waals surface area contributed by atoms with Crippen molar-refractivity contribution < 1.29 is 0 Å². The minimum atomic E-state index is 0.685. The van der Waals surface area contributed by atoms with Crippen molar-refractivity contribution in [3.05, 3.63) is 200 Å². The van der Waals surface area contributed by atoms with Crippen LogP contribution in [0, 0.1) is 0 Å². The van der Waals surface area contributed by atoms with Gasteiger partial charge in [0.2, 0.25) is 0 Å². The van der Waals surface area contributed by atoms with Gasteiger partial charge in [0.05, 0.1) is 16.9 Å². The maximum atomic E-state index is 5.16. The molecule has 0 unspecified atom stereocenters. The number of fused-ring (bicyclic) bond motifs is 1. The quantitative estimate of drug-likeness (QED) is 0.170. The fourth-order valence-electron chi connectivity index (χ4n) is 6.84. The Bertz CT molecular complexity index is 2670. The number of aromatic nitrogens is 3. The lowest BCUT2D eigenvalue weighted by atomic mass is 9.94. The largest absolute Gasteiger partial charge is 0.256 e. The second-order valence-corrected chi connectivity index (χ2v) is 12.9. The van der Waals surface area contributed by atoms with E-state index in [-0.39, 0.29) is 0 Å². The molecule has 9 rings (SSSR count). The van der Waals surface area contributed by atoms with Crippen LogP contribution in [-0.2, 0) is 0 Å². The number of benzene rings is 7. The van der Waals surface area contributed by atoms with Crippen LogP contribution in [0.2, 0.25) is 0 Å². The average molecular weight is 664 g/mol. The van der Waals surface area contributed by atoms with Gasteiger partial charge in [-0.15, -0.1) is 0 Å². The molecule has 0 atom stereocenters. The van der Waals surface area contributed by atoms with Crippen LogP contribution in [-0.4, -0.2) is 15.0 Å². The highest BCUT2D eigenvalue weighted by atomic mass is 14.9. The zero-order valence-corrected chi connectivity index (χ0v) is 28.4. The number of pyridine rings is 1. The highest BCUT2D eigenvalue weighted by molar-refractivity contribution is 5.94. The minimum Gasteiger partial charge on any atom is -0.256 e. The van der Waals surface area contributed by atoms with E-state index >= 15 is 0 Å². The Kier molecular flexibility index (Phi) is 8.20. The first kappa shape index (κ1) is 31.0. The zero-order valence-electron chi connectivity index (χ0n) is 28.4. The van der Waals surface area contributed by atoms with Gasteiger partial charge >= 0.3 is 0 Å². The van der Waals surface area contributed by atoms with Crippen LogP contribution in [0.15, 0.2) is 200 Å². The van der Waals surface area contributed by atoms with Gasteiger partial charge in [-0.1, -0.05) is 152 Å². The summed E-state index contributed by atoms with van der Waals surface area (Å²) in [5, 5.41) is 0.999. The van der Waals surface area contributed by atoms with Crippen LogP contribution in [0.5, 0.6) is 0 Å². The summed E-state index contributed by atoms with van der Waals surface area (Å²) in [6.07, 6.45) is 1.91. The van der Waals surface area contributed by atoms with Crippen LogP contribution in [0.3, 0.4) is 0 Å². The number of hydrogen-bond acceptors (Lipinski definition) is 3. The predicted octanol–water partition coefficient (Wildman–Crippen LogP) is 12.7. The van der Waals surface area contributed by atoms with Gasteiger partial charge in [0.1, 0.15) is 0 Å². The molecular formula is C49H33N3. The standard InChI is InChI=1S/C49H33N3/c1-3-13-34(14-4-1)36-17-9-18-37(29-36)38-19-10-20-39(30-38)40-21-11-22-41(31-40)42-23-12-24-43(32-42)49-51-47-26-8-7-25-45(47)48(52-49)44-27-28-46(50-33-44)35-15-5-2-6-16-35/h1-33H. The normalized spacial score (nSPS) is 11.1. The van der Waals surface area contributed by atoms with E-state index in [1.54, 1.807) is 0 Å². The molecule has 0 spiro atoms. The summed E-state index contributed by atoms with van der Waals surface area (Å²) in [7, 11) is 0. The Morgan fingerprint density at radius 3 is 1.27 bits per heavy atom. The molecule has 52 heavy (non-hydrogen) atoms. The molecule has 0 bridgehead atoms. The summed E-state index contributed by atoms with van der Waals surface area (Å²) < 4.78 is 0. The van der Waals surface area contributed by atoms with Crippen LogP contribution in [0.4, 0.5) is 0 Å². The topological polar surface area (TPSA) is 38.7 Å². The van der Waals surface area contributed by atoms with Gasteiger partial charge in [-0.2, -0.15) is 0 Å². The highest BCUT2D eigenvalue weighted by Gasteiger charge is 2.13. The van der Waals surface area contributed by atoms with E-state index in [0.717, 1.165) is 50.1 Å². The van der Waals surface area contributed by atoms with Crippen molar-refractivity contribution in [3.8, 4) is 78.4 Å². The molecule has 0 fully saturated rings. The van der Waals surface area contributed by atoms with Crippen molar-refractivity contribution in [2.24, 2.45) is 0 Å². The van der Waals surface area contributed by atoms with Crippen LogP contribution in [0.25, 0.3) is 89.3 Å². The molecule has 0 amide bonds. The number of hydrogen-bond donors (Lipinski definition) is 0. The van der Waals surface area contributed by atoms with Gasteiger partial charge in [-0.3, -0.25) is 4.98 Å². The fraction of sp³-hybridized carbons (Fsp3) is 0. The van der Waals surface area contributed by atoms with E-state index in [4.69, 9.17) is 15.0 Å². The van der Waals surface area contributed by atoms with E-state index in [9.17, 15) is 0 Å². The molecular weight excluding hydrogens is 631 g/mol. The number of rotatable bonds is 7. The molecule has 3 heteroatoms. The van der Waals surface area contributed by atoms with Gasteiger partial charge in [0, 0.05) is 28.3 Å². The van der Waals surface area contributed by atoms with Gasteiger partial charge in [0.15, 0.2) is 5.82 Å². The first-order chi connectivity index (χ1) is 25.7. The first-order valence-electron chi connectivity index (χ1n) is 17.5. The van der Waals surface area contributed by atoms with Crippen LogP contribution in [0.1, 0.15) is 0 Å². The average Bonchev–Trinajstić information content (AvgIpc) is 3.24. The summed E-state index contributed by atoms with van der Waals surface area (Å²) in [4.78, 5) is 15.0. The third-order valence-corrected chi connectivity index (χ3v) is 9.53. The minimum absolute atomic E-state index is 0.685. The molecule has 2 aromatic heterocycles. The van der Waals surface area contributed by atoms with Gasteiger partial charge in [0.25, 0.3) is 0 Å². The first-order valence-corrected chi connectivity index (χ1v) is 17.5. The third-order valence-electron chi connectivity index (χ3n) is 9.53. The molecule has 7 aromatic carbocycles. The molecule has 0 aliphatic rings. The Balaban J connectivity index is 1.04. The lowest BCUT2D eigenvalue weighted by Gasteiger charge is -2.12. The highest BCUT2D eigenvalue weighted by Crippen LogP contribution is 2.34. The Hall–Kier alpha value is -6.97. The van der Waals surface area contributed by atoms with Crippen molar-refractivity contribution in [2.45, 2.75) is 0 Å². The lowest BCUT2D eigenvalue weighted by Crippen LogP contribution is -1.96. The smallest absolute Gasteiger partial charge is 0.160 e. The maximum Gasteiger partial charge on any atom is 0.160 e. The molecule has 0 saturated carbocycles. The molecule has 244 valence electrons. The summed E-state index contributed by atoms with van der Waals surface area (Å²) in [5.74, 6) is 0.685. The van der Waals surface area contributed by atoms with E-state index < -0.39 is 0 Å². The molecule has 3 nitrogen and oxygen atoms in total. The van der Waals surface area contributed by atoms with E-state index in [1.165, 1.54) is 33.4 Å². The van der Waals surface area contributed by atoms with Crippen molar-refractivity contribution in [1.82, 2.24) is 15.0 Å². The van der Waals surface area contributed by atoms with Crippen molar-refractivity contribution in [3.63, 3.8) is 0 Å². The number of para-hydroxylation sites is 1. The molecule has 0 aliphatic heterocycles. The summed E-state index contributed by atoms with van der Waals surface area (Å²) in [6, 6.07) is 68.0. The van der Waals surface area contributed by atoms with Gasteiger partial charge in [-0.25, -0.2) is 9.97 Å². The number of nitrogens with zero attached hydrogens (tertiary/aromatic N) is 3. The molecule has 0 saturated heterocycles. The van der Waals surface area contributed by atoms with E-state index in [2.05, 4.69) is 164 Å². The zero-order chi connectivity index (χ0) is 34.7. The predicted molar refractivity (Wildman–Crippen MR) is 215 cm³/mol. The SMILES string of the molecule is c1ccc(-c2cccc(-c3cccc(-c4cccc(-c5cccc(-c6nc(-c7ccc(-c8ccccc8)nc7)c7ccccc7n6)c5)c4)c3)c2)cc1. The summed E-state index contributed by atoms with van der Waals surface area (Å²) in [6.45, 7) is 0. The Morgan fingerprint density at radius 1 is 0.288 bits per heavy atom. The molecule has 2 heterocycles.